The van der Waals surface area contributed by atoms with Crippen molar-refractivity contribution in [3.05, 3.63) is 82.8 Å². The monoisotopic (exact) mass is 481 g/mol. The Morgan fingerprint density at radius 3 is 1.88 bits per heavy atom. The number of benzene rings is 2. The summed E-state index contributed by atoms with van der Waals surface area (Å²) in [6, 6.07) is 9.17. The third kappa shape index (κ3) is 4.89. The fourth-order valence-electron chi connectivity index (χ4n) is 3.67. The number of rotatable bonds is 4. The molecular weight excluding hydrogens is 464 g/mol. The van der Waals surface area contributed by atoms with Crippen LogP contribution in [-0.4, -0.2) is 17.9 Å². The summed E-state index contributed by atoms with van der Waals surface area (Å²) in [6.45, 7) is 0.312. The predicted octanol–water partition coefficient (Wildman–Crippen LogP) is 7.41. The second-order valence-corrected chi connectivity index (χ2v) is 8.43. The summed E-state index contributed by atoms with van der Waals surface area (Å²) in [4.78, 5) is 4.70. The van der Waals surface area contributed by atoms with Crippen LogP contribution in [-0.2, 0) is 12.4 Å². The lowest BCUT2D eigenvalue weighted by Gasteiger charge is -2.22. The van der Waals surface area contributed by atoms with Gasteiger partial charge in [0, 0.05) is 29.1 Å². The van der Waals surface area contributed by atoms with Gasteiger partial charge in [-0.25, -0.2) is 0 Å². The summed E-state index contributed by atoms with van der Waals surface area (Å²) in [6.07, 6.45) is -4.94. The van der Waals surface area contributed by atoms with Crippen LogP contribution in [0.4, 0.5) is 26.3 Å². The maximum atomic E-state index is 13.0. The third-order valence-electron chi connectivity index (χ3n) is 5.39. The average Bonchev–Trinajstić information content (AvgIpc) is 3.23. The van der Waals surface area contributed by atoms with Gasteiger partial charge in [-0.15, -0.1) is 11.3 Å². The second-order valence-electron chi connectivity index (χ2n) is 7.55. The summed E-state index contributed by atoms with van der Waals surface area (Å²) in [5.74, 6) is -0.383. The molecule has 2 unspecified atom stereocenters. The van der Waals surface area contributed by atoms with Crippen LogP contribution in [0.15, 0.2) is 71.1 Å². The summed E-state index contributed by atoms with van der Waals surface area (Å²) in [5.41, 5.74) is 0.331. The van der Waals surface area contributed by atoms with E-state index in [0.717, 1.165) is 24.3 Å². The van der Waals surface area contributed by atoms with Gasteiger partial charge in [-0.05, 0) is 52.4 Å². The van der Waals surface area contributed by atoms with E-state index in [-0.39, 0.29) is 5.92 Å². The Labute approximate surface area is 189 Å². The summed E-state index contributed by atoms with van der Waals surface area (Å²) in [5, 5.41) is 12.9. The van der Waals surface area contributed by atoms with Crippen LogP contribution in [0, 0.1) is 5.92 Å². The van der Waals surface area contributed by atoms with Gasteiger partial charge in [0.25, 0.3) is 0 Å². The number of allylic oxidation sites excluding steroid dienone is 1. The van der Waals surface area contributed by atoms with Crippen molar-refractivity contribution in [3.63, 3.8) is 0 Å². The lowest BCUT2D eigenvalue weighted by molar-refractivity contribution is -0.138. The van der Waals surface area contributed by atoms with E-state index in [1.54, 1.807) is 23.7 Å². The Balaban J connectivity index is 1.80. The maximum absolute atomic E-state index is 13.0. The Kier molecular flexibility index (Phi) is 6.20. The largest absolute Gasteiger partial charge is 0.416 e. The molecule has 4 rings (SSSR count). The molecule has 2 heterocycles. The van der Waals surface area contributed by atoms with Crippen molar-refractivity contribution in [1.82, 2.24) is 0 Å². The molecule has 0 bridgehead atoms. The zero-order valence-corrected chi connectivity index (χ0v) is 17.7. The fourth-order valence-corrected chi connectivity index (χ4v) is 4.80. The molecule has 1 aromatic heterocycles. The van der Waals surface area contributed by atoms with Crippen LogP contribution in [0.5, 0.6) is 0 Å². The highest BCUT2D eigenvalue weighted by Crippen LogP contribution is 2.45. The Bertz CT molecular complexity index is 1100. The van der Waals surface area contributed by atoms with Crippen LogP contribution < -0.4 is 0 Å². The number of aliphatic imine (C=N–C) groups is 1. The second kappa shape index (κ2) is 8.79. The van der Waals surface area contributed by atoms with Gasteiger partial charge in [0.15, 0.2) is 0 Å². The molecule has 172 valence electrons. The first kappa shape index (κ1) is 23.3. The van der Waals surface area contributed by atoms with Crippen LogP contribution in [0.3, 0.4) is 0 Å². The molecule has 0 saturated carbocycles. The van der Waals surface area contributed by atoms with Gasteiger partial charge in [0.05, 0.1) is 17.2 Å². The molecule has 2 atom stereocenters. The van der Waals surface area contributed by atoms with E-state index >= 15 is 0 Å². The molecule has 0 saturated heterocycles. The van der Waals surface area contributed by atoms with E-state index < -0.39 is 29.6 Å². The molecule has 0 fully saturated rings. The standard InChI is InChI=1S/C24H17F6NOS/c25-23(26,27)17-7-3-14(4-8-17)19-13-33-22(15-5-9-18(10-6-15)24(28,29)30)20(19)21(32)16-2-1-11-31-12-16/h1-11,13,16,21,32H,12H2. The van der Waals surface area contributed by atoms with Gasteiger partial charge in [0.1, 0.15) is 0 Å². The minimum atomic E-state index is -4.48. The minimum Gasteiger partial charge on any atom is -0.388 e. The first-order chi connectivity index (χ1) is 15.6. The fraction of sp³-hybridized carbons (Fsp3) is 0.208. The average molecular weight is 481 g/mol. The number of thiophene rings is 1. The molecule has 0 radical (unpaired) electrons. The summed E-state index contributed by atoms with van der Waals surface area (Å²) in [7, 11) is 0. The van der Waals surface area contributed by atoms with Gasteiger partial charge in [0.2, 0.25) is 0 Å². The molecule has 9 heteroatoms. The van der Waals surface area contributed by atoms with Crippen molar-refractivity contribution < 1.29 is 31.4 Å². The van der Waals surface area contributed by atoms with E-state index in [2.05, 4.69) is 4.99 Å². The number of hydrogen-bond acceptors (Lipinski definition) is 3. The zero-order valence-electron chi connectivity index (χ0n) is 16.9. The highest BCUT2D eigenvalue weighted by atomic mass is 32.1. The molecule has 0 aliphatic carbocycles. The number of halogens is 6. The topological polar surface area (TPSA) is 32.6 Å². The number of hydrogen-bond donors (Lipinski definition) is 1. The van der Waals surface area contributed by atoms with Crippen LogP contribution in [0.25, 0.3) is 21.6 Å². The number of dihydropyridines is 1. The quantitative estimate of drug-likeness (QED) is 0.387. The van der Waals surface area contributed by atoms with Crippen molar-refractivity contribution in [2.75, 3.05) is 6.54 Å². The third-order valence-corrected chi connectivity index (χ3v) is 6.44. The normalized spacial score (nSPS) is 17.4. The van der Waals surface area contributed by atoms with Gasteiger partial charge in [-0.3, -0.25) is 4.99 Å². The van der Waals surface area contributed by atoms with Gasteiger partial charge in [-0.1, -0.05) is 30.3 Å². The SMILES string of the molecule is OC(c1c(-c2ccc(C(F)(F)F)cc2)csc1-c1ccc(C(F)(F)F)cc1)C1C=CC=NC1. The molecule has 0 amide bonds. The molecular formula is C24H17F6NOS. The van der Waals surface area contributed by atoms with E-state index in [9.17, 15) is 31.4 Å². The number of aliphatic hydroxyl groups is 1. The van der Waals surface area contributed by atoms with Gasteiger partial charge >= 0.3 is 12.4 Å². The highest BCUT2D eigenvalue weighted by Gasteiger charge is 2.32. The van der Waals surface area contributed by atoms with Crippen molar-refractivity contribution in [2.24, 2.45) is 10.9 Å². The van der Waals surface area contributed by atoms with Crippen molar-refractivity contribution in [1.29, 1.82) is 0 Å². The highest BCUT2D eigenvalue weighted by molar-refractivity contribution is 7.14. The molecule has 0 spiro atoms. The first-order valence-corrected chi connectivity index (χ1v) is 10.7. The lowest BCUT2D eigenvalue weighted by Crippen LogP contribution is -2.16. The Hall–Kier alpha value is -2.91. The maximum Gasteiger partial charge on any atom is 0.416 e. The van der Waals surface area contributed by atoms with Gasteiger partial charge in [-0.2, -0.15) is 26.3 Å². The van der Waals surface area contributed by atoms with Crippen LogP contribution in [0.2, 0.25) is 0 Å². The molecule has 1 aliphatic rings. The first-order valence-electron chi connectivity index (χ1n) is 9.87. The van der Waals surface area contributed by atoms with Crippen molar-refractivity contribution in [3.8, 4) is 21.6 Å². The Morgan fingerprint density at radius 1 is 0.848 bits per heavy atom. The van der Waals surface area contributed by atoms with E-state index in [1.807, 2.05) is 0 Å². The Morgan fingerprint density at radius 2 is 1.39 bits per heavy atom. The van der Waals surface area contributed by atoms with Crippen LogP contribution >= 0.6 is 11.3 Å². The lowest BCUT2D eigenvalue weighted by atomic mass is 9.88. The number of nitrogens with zero attached hydrogens (tertiary/aromatic N) is 1. The smallest absolute Gasteiger partial charge is 0.388 e. The van der Waals surface area contributed by atoms with Crippen molar-refractivity contribution in [2.45, 2.75) is 18.5 Å². The summed E-state index contributed by atoms with van der Waals surface area (Å²) >= 11 is 1.21. The molecule has 3 aromatic rings. The number of alkyl halides is 6. The molecule has 2 aromatic carbocycles. The van der Waals surface area contributed by atoms with E-state index in [1.165, 1.54) is 35.6 Å². The van der Waals surface area contributed by atoms with E-state index in [4.69, 9.17) is 0 Å². The molecule has 33 heavy (non-hydrogen) atoms. The van der Waals surface area contributed by atoms with E-state index in [0.29, 0.717) is 33.7 Å². The number of aliphatic hydroxyl groups excluding tert-OH is 1. The minimum absolute atomic E-state index is 0.312. The predicted molar refractivity (Wildman–Crippen MR) is 116 cm³/mol. The van der Waals surface area contributed by atoms with Crippen molar-refractivity contribution >= 4 is 17.6 Å². The molecule has 1 N–H and O–H groups in total. The summed E-state index contributed by atoms with van der Waals surface area (Å²) < 4.78 is 77.9. The van der Waals surface area contributed by atoms with Crippen LogP contribution in [0.1, 0.15) is 22.8 Å². The zero-order chi connectivity index (χ0) is 23.8. The van der Waals surface area contributed by atoms with Gasteiger partial charge < -0.3 is 5.11 Å². The molecule has 2 nitrogen and oxygen atoms in total. The molecule has 1 aliphatic heterocycles.